The monoisotopic (exact) mass is 394 g/mol. The zero-order valence-corrected chi connectivity index (χ0v) is 18.0. The van der Waals surface area contributed by atoms with E-state index in [0.717, 1.165) is 38.9 Å². The van der Waals surface area contributed by atoms with Crippen molar-refractivity contribution in [2.75, 3.05) is 13.1 Å². The highest BCUT2D eigenvalue weighted by molar-refractivity contribution is 5.26. The molecule has 2 unspecified atom stereocenters. The van der Waals surface area contributed by atoms with Gasteiger partial charge >= 0.3 is 0 Å². The Bertz CT molecular complexity index is 721. The van der Waals surface area contributed by atoms with Crippen LogP contribution in [0.3, 0.4) is 0 Å². The van der Waals surface area contributed by atoms with Crippen LogP contribution in [-0.4, -0.2) is 24.2 Å². The van der Waals surface area contributed by atoms with Gasteiger partial charge in [-0.2, -0.15) is 5.26 Å². The fourth-order valence-electron chi connectivity index (χ4n) is 4.12. The van der Waals surface area contributed by atoms with Crippen molar-refractivity contribution >= 4 is 0 Å². The Kier molecular flexibility index (Phi) is 10.5. The molecule has 3 rings (SSSR count). The van der Waals surface area contributed by atoms with Gasteiger partial charge in [-0.25, -0.2) is 4.39 Å². The summed E-state index contributed by atoms with van der Waals surface area (Å²) in [5, 5.41) is 7.32. The van der Waals surface area contributed by atoms with Crippen LogP contribution in [0.15, 0.2) is 54.6 Å². The van der Waals surface area contributed by atoms with Crippen LogP contribution in [0.5, 0.6) is 0 Å². The second kappa shape index (κ2) is 13.1. The largest absolute Gasteiger partial charge is 0.299 e. The minimum atomic E-state index is -0.589. The van der Waals surface area contributed by atoms with Crippen molar-refractivity contribution in [1.82, 2.24) is 4.90 Å². The normalized spacial score (nSPS) is 18.2. The second-order valence-electron chi connectivity index (χ2n) is 7.94. The Morgan fingerprint density at radius 3 is 2.28 bits per heavy atom. The third-order valence-electron chi connectivity index (χ3n) is 5.55. The number of halogens is 1. The summed E-state index contributed by atoms with van der Waals surface area (Å²) in [6.45, 7) is 7.01. The minimum absolute atomic E-state index is 0.435. The van der Waals surface area contributed by atoms with E-state index >= 15 is 0 Å². The number of nitriles is 1. The van der Waals surface area contributed by atoms with Crippen LogP contribution in [-0.2, 0) is 13.0 Å². The first-order chi connectivity index (χ1) is 14.2. The van der Waals surface area contributed by atoms with Crippen molar-refractivity contribution in [3.05, 3.63) is 71.3 Å². The molecule has 0 aliphatic heterocycles. The van der Waals surface area contributed by atoms with Crippen LogP contribution in [0.25, 0.3) is 0 Å². The van der Waals surface area contributed by atoms with E-state index in [1.54, 1.807) is 6.07 Å². The van der Waals surface area contributed by atoms with Gasteiger partial charge in [0.1, 0.15) is 6.17 Å². The maximum Gasteiger partial charge on any atom is 0.101 e. The van der Waals surface area contributed by atoms with Gasteiger partial charge in [0, 0.05) is 13.5 Å². The summed E-state index contributed by atoms with van der Waals surface area (Å²) < 4.78 is 13.4. The minimum Gasteiger partial charge on any atom is -0.299 e. The van der Waals surface area contributed by atoms with Crippen molar-refractivity contribution in [2.45, 2.75) is 71.0 Å². The lowest BCUT2D eigenvalue weighted by molar-refractivity contribution is 0.262. The molecule has 0 heterocycles. The van der Waals surface area contributed by atoms with E-state index < -0.39 is 6.17 Å². The molecule has 1 aliphatic rings. The third-order valence-corrected chi connectivity index (χ3v) is 5.55. The number of hydrogen-bond acceptors (Lipinski definition) is 2. The third kappa shape index (κ3) is 8.38. The van der Waals surface area contributed by atoms with Gasteiger partial charge in [-0.1, -0.05) is 61.5 Å². The molecule has 2 aromatic carbocycles. The average molecular weight is 395 g/mol. The first kappa shape index (κ1) is 23.1. The molecule has 0 amide bonds. The summed E-state index contributed by atoms with van der Waals surface area (Å²) in [6.07, 6.45) is 5.36. The first-order valence-corrected chi connectivity index (χ1v) is 11.0. The number of hydrogen-bond donors (Lipinski definition) is 0. The number of benzene rings is 2. The highest BCUT2D eigenvalue weighted by atomic mass is 19.1. The molecule has 0 spiro atoms. The molecule has 2 nitrogen and oxygen atoms in total. The SMILES string of the molecule is CC#N.CCCN(CCCc1ccc(C2CCC(F)C2)cc1)Cc1ccccc1. The Labute approximate surface area is 176 Å². The lowest BCUT2D eigenvalue weighted by Gasteiger charge is -2.22. The molecule has 2 aromatic rings. The van der Waals surface area contributed by atoms with Gasteiger partial charge < -0.3 is 0 Å². The van der Waals surface area contributed by atoms with Gasteiger partial charge in [-0.3, -0.25) is 4.90 Å². The quantitative estimate of drug-likeness (QED) is 0.475. The zero-order chi connectivity index (χ0) is 20.9. The van der Waals surface area contributed by atoms with Crippen molar-refractivity contribution < 1.29 is 4.39 Å². The van der Waals surface area contributed by atoms with Crippen LogP contribution in [0, 0.1) is 11.3 Å². The maximum atomic E-state index is 13.4. The van der Waals surface area contributed by atoms with E-state index in [2.05, 4.69) is 66.4 Å². The molecular weight excluding hydrogens is 359 g/mol. The molecule has 29 heavy (non-hydrogen) atoms. The van der Waals surface area contributed by atoms with Gasteiger partial charge in [0.05, 0.1) is 6.07 Å². The standard InChI is InChI=1S/C24H32FN.C2H3N/c1-2-16-26(19-21-7-4-3-5-8-21)17-6-9-20-10-12-22(13-11-20)23-14-15-24(25)18-23;1-2-3/h3-5,7-8,10-13,23-24H,2,6,9,14-19H2,1H3;1H3. The molecule has 0 aromatic heterocycles. The lowest BCUT2D eigenvalue weighted by atomic mass is 9.96. The summed E-state index contributed by atoms with van der Waals surface area (Å²) >= 11 is 0. The van der Waals surface area contributed by atoms with Crippen LogP contribution in [0.2, 0.25) is 0 Å². The summed E-state index contributed by atoms with van der Waals surface area (Å²) in [5.74, 6) is 0.435. The highest BCUT2D eigenvalue weighted by Gasteiger charge is 2.25. The first-order valence-electron chi connectivity index (χ1n) is 11.0. The van der Waals surface area contributed by atoms with Crippen molar-refractivity contribution in [2.24, 2.45) is 0 Å². The zero-order valence-electron chi connectivity index (χ0n) is 18.0. The molecule has 2 atom stereocenters. The van der Waals surface area contributed by atoms with Crippen LogP contribution in [0.1, 0.15) is 68.6 Å². The smallest absolute Gasteiger partial charge is 0.101 e. The van der Waals surface area contributed by atoms with Gasteiger partial charge in [-0.15, -0.1) is 0 Å². The Morgan fingerprint density at radius 1 is 1.00 bits per heavy atom. The van der Waals surface area contributed by atoms with Gasteiger partial charge in [0.15, 0.2) is 0 Å². The molecule has 0 N–H and O–H groups in total. The van der Waals surface area contributed by atoms with Crippen molar-refractivity contribution in [1.29, 1.82) is 5.26 Å². The summed E-state index contributed by atoms with van der Waals surface area (Å²) in [7, 11) is 0. The Hall–Kier alpha value is -2.18. The predicted molar refractivity (Wildman–Crippen MR) is 120 cm³/mol. The van der Waals surface area contributed by atoms with Gasteiger partial charge in [-0.05, 0) is 74.2 Å². The van der Waals surface area contributed by atoms with E-state index in [-0.39, 0.29) is 0 Å². The fraction of sp³-hybridized carbons (Fsp3) is 0.500. The van der Waals surface area contributed by atoms with Crippen molar-refractivity contribution in [3.63, 3.8) is 0 Å². The van der Waals surface area contributed by atoms with Gasteiger partial charge in [0.2, 0.25) is 0 Å². The van der Waals surface area contributed by atoms with E-state index in [9.17, 15) is 4.39 Å². The summed E-state index contributed by atoms with van der Waals surface area (Å²) in [6, 6.07) is 21.5. The molecule has 0 bridgehead atoms. The molecule has 1 saturated carbocycles. The number of rotatable bonds is 9. The summed E-state index contributed by atoms with van der Waals surface area (Å²) in [4.78, 5) is 2.56. The average Bonchev–Trinajstić information content (AvgIpc) is 3.16. The summed E-state index contributed by atoms with van der Waals surface area (Å²) in [5.41, 5.74) is 4.12. The number of nitrogens with zero attached hydrogens (tertiary/aromatic N) is 2. The molecule has 1 aliphatic carbocycles. The van der Waals surface area contributed by atoms with Crippen LogP contribution >= 0.6 is 0 Å². The lowest BCUT2D eigenvalue weighted by Crippen LogP contribution is -2.25. The van der Waals surface area contributed by atoms with E-state index in [1.165, 1.54) is 36.5 Å². The highest BCUT2D eigenvalue weighted by Crippen LogP contribution is 2.36. The van der Waals surface area contributed by atoms with Crippen molar-refractivity contribution in [3.8, 4) is 6.07 Å². The molecule has 0 saturated heterocycles. The topological polar surface area (TPSA) is 27.0 Å². The fourth-order valence-corrected chi connectivity index (χ4v) is 4.12. The van der Waals surface area contributed by atoms with Crippen LogP contribution in [0.4, 0.5) is 4.39 Å². The molecular formula is C26H35FN2. The molecule has 1 fully saturated rings. The second-order valence-corrected chi connectivity index (χ2v) is 7.94. The van der Waals surface area contributed by atoms with Crippen LogP contribution < -0.4 is 0 Å². The Balaban J connectivity index is 0.000000941. The molecule has 0 radical (unpaired) electrons. The van der Waals surface area contributed by atoms with E-state index in [0.29, 0.717) is 12.3 Å². The Morgan fingerprint density at radius 2 is 1.69 bits per heavy atom. The van der Waals surface area contributed by atoms with E-state index in [1.807, 2.05) is 0 Å². The number of alkyl halides is 1. The predicted octanol–water partition coefficient (Wildman–Crippen LogP) is 6.67. The maximum absolute atomic E-state index is 13.4. The number of aryl methyl sites for hydroxylation is 1. The molecule has 3 heteroatoms. The van der Waals surface area contributed by atoms with E-state index in [4.69, 9.17) is 5.26 Å². The van der Waals surface area contributed by atoms with Gasteiger partial charge in [0.25, 0.3) is 0 Å². The molecule has 156 valence electrons.